The second kappa shape index (κ2) is 11.4. The lowest BCUT2D eigenvalue weighted by Crippen LogP contribution is -2.56. The highest BCUT2D eigenvalue weighted by atomic mass is 35.5. The molecule has 1 unspecified atom stereocenters. The molecule has 0 aromatic heterocycles. The number of carbonyl (C=O) groups is 3. The van der Waals surface area contributed by atoms with Crippen molar-refractivity contribution < 1.29 is 23.9 Å². The third-order valence-corrected chi connectivity index (χ3v) is 5.84. The van der Waals surface area contributed by atoms with Gasteiger partial charge in [0.1, 0.15) is 11.6 Å². The van der Waals surface area contributed by atoms with Crippen molar-refractivity contribution >= 4 is 35.3 Å². The molecule has 1 atom stereocenters. The monoisotopic (exact) mass is 501 g/mol. The number of amides is 2. The van der Waals surface area contributed by atoms with Gasteiger partial charge in [-0.15, -0.1) is 0 Å². The molecule has 3 rings (SSSR count). The Morgan fingerprint density at radius 2 is 1.63 bits per heavy atom. The zero-order valence-electron chi connectivity index (χ0n) is 20.5. The van der Waals surface area contributed by atoms with Gasteiger partial charge in [0.05, 0.1) is 18.4 Å². The smallest absolute Gasteiger partial charge is 0.408 e. The van der Waals surface area contributed by atoms with Gasteiger partial charge in [-0.05, 0) is 50.6 Å². The molecule has 8 nitrogen and oxygen atoms in total. The predicted octanol–water partition coefficient (Wildman–Crippen LogP) is 3.91. The van der Waals surface area contributed by atoms with Crippen LogP contribution in [0, 0.1) is 0 Å². The summed E-state index contributed by atoms with van der Waals surface area (Å²) in [6, 6.07) is 13.6. The normalized spacial score (nSPS) is 14.8. The highest BCUT2D eigenvalue weighted by molar-refractivity contribution is 6.30. The van der Waals surface area contributed by atoms with Crippen molar-refractivity contribution in [1.82, 2.24) is 10.2 Å². The molecule has 1 N–H and O–H groups in total. The Hall–Kier alpha value is -3.26. The fraction of sp³-hybridized carbons (Fsp3) is 0.423. The summed E-state index contributed by atoms with van der Waals surface area (Å²) >= 11 is 6.00. The van der Waals surface area contributed by atoms with Crippen LogP contribution in [0.1, 0.15) is 36.7 Å². The first kappa shape index (κ1) is 26.3. The number of ether oxygens (including phenoxy) is 2. The van der Waals surface area contributed by atoms with Crippen LogP contribution < -0.4 is 10.2 Å². The molecule has 0 spiro atoms. The van der Waals surface area contributed by atoms with E-state index in [0.29, 0.717) is 43.2 Å². The number of hydrogen-bond acceptors (Lipinski definition) is 6. The van der Waals surface area contributed by atoms with Gasteiger partial charge in [-0.25, -0.2) is 9.59 Å². The number of nitrogens with one attached hydrogen (secondary N) is 1. The van der Waals surface area contributed by atoms with Crippen LogP contribution in [0.2, 0.25) is 5.02 Å². The van der Waals surface area contributed by atoms with E-state index >= 15 is 0 Å². The van der Waals surface area contributed by atoms with E-state index in [1.807, 2.05) is 24.3 Å². The zero-order chi connectivity index (χ0) is 25.6. The lowest BCUT2D eigenvalue weighted by molar-refractivity contribution is -0.133. The molecule has 0 bridgehead atoms. The number of methoxy groups -OCH3 is 1. The summed E-state index contributed by atoms with van der Waals surface area (Å²) < 4.78 is 10.3. The Morgan fingerprint density at radius 1 is 1.00 bits per heavy atom. The van der Waals surface area contributed by atoms with E-state index in [9.17, 15) is 14.4 Å². The van der Waals surface area contributed by atoms with Crippen LogP contribution in [0.3, 0.4) is 0 Å². The van der Waals surface area contributed by atoms with Crippen LogP contribution in [0.4, 0.5) is 10.5 Å². The van der Waals surface area contributed by atoms with Crippen molar-refractivity contribution in [3.05, 3.63) is 64.7 Å². The molecular weight excluding hydrogens is 470 g/mol. The van der Waals surface area contributed by atoms with Gasteiger partial charge in [0.15, 0.2) is 0 Å². The maximum absolute atomic E-state index is 13.5. The Bertz CT molecular complexity index is 1040. The molecule has 35 heavy (non-hydrogen) atoms. The molecule has 9 heteroatoms. The standard InChI is InChI=1S/C26H32ClN3O5/c1-26(2,3)35-25(33)28-21(17-18-9-11-19(27)12-10-18)23(31)30-15-13-29(14-16-30)22-8-6-5-7-20(22)24(32)34-4/h5-12,21H,13-17H2,1-4H3,(H,28,33). The molecule has 1 fully saturated rings. The van der Waals surface area contributed by atoms with E-state index in [0.717, 1.165) is 11.3 Å². The van der Waals surface area contributed by atoms with Crippen molar-refractivity contribution in [3.8, 4) is 0 Å². The highest BCUT2D eigenvalue weighted by Gasteiger charge is 2.31. The summed E-state index contributed by atoms with van der Waals surface area (Å²) in [5, 5.41) is 3.35. The number of anilines is 1. The highest BCUT2D eigenvalue weighted by Crippen LogP contribution is 2.23. The van der Waals surface area contributed by atoms with Crippen molar-refractivity contribution in [1.29, 1.82) is 0 Å². The van der Waals surface area contributed by atoms with Crippen molar-refractivity contribution in [2.75, 3.05) is 38.2 Å². The number of carbonyl (C=O) groups excluding carboxylic acids is 3. The molecule has 1 heterocycles. The molecule has 1 aliphatic rings. The summed E-state index contributed by atoms with van der Waals surface area (Å²) in [4.78, 5) is 41.9. The first-order valence-corrected chi connectivity index (χ1v) is 11.9. The number of para-hydroxylation sites is 1. The van der Waals surface area contributed by atoms with Crippen molar-refractivity contribution in [2.45, 2.75) is 38.8 Å². The molecule has 0 saturated carbocycles. The molecule has 1 saturated heterocycles. The topological polar surface area (TPSA) is 88.2 Å². The van der Waals surface area contributed by atoms with E-state index < -0.39 is 23.7 Å². The first-order chi connectivity index (χ1) is 16.6. The van der Waals surface area contributed by atoms with Gasteiger partial charge in [0.25, 0.3) is 0 Å². The second-order valence-electron chi connectivity index (χ2n) is 9.35. The van der Waals surface area contributed by atoms with Gasteiger partial charge in [0.2, 0.25) is 5.91 Å². The van der Waals surface area contributed by atoms with Crippen LogP contribution in [0.15, 0.2) is 48.5 Å². The quantitative estimate of drug-likeness (QED) is 0.604. The van der Waals surface area contributed by atoms with Crippen LogP contribution in [-0.2, 0) is 20.7 Å². The van der Waals surface area contributed by atoms with Crippen LogP contribution in [0.5, 0.6) is 0 Å². The molecule has 2 aromatic carbocycles. The molecule has 2 aromatic rings. The summed E-state index contributed by atoms with van der Waals surface area (Å²) in [7, 11) is 1.36. The number of halogens is 1. The van der Waals surface area contributed by atoms with Gasteiger partial charge in [-0.2, -0.15) is 0 Å². The van der Waals surface area contributed by atoms with E-state index in [1.165, 1.54) is 7.11 Å². The Kier molecular flexibility index (Phi) is 8.62. The fourth-order valence-corrected chi connectivity index (χ4v) is 4.05. The lowest BCUT2D eigenvalue weighted by Gasteiger charge is -2.38. The first-order valence-electron chi connectivity index (χ1n) is 11.5. The summed E-state index contributed by atoms with van der Waals surface area (Å²) in [5.74, 6) is -0.588. The average molecular weight is 502 g/mol. The van der Waals surface area contributed by atoms with Gasteiger partial charge in [-0.1, -0.05) is 35.9 Å². The van der Waals surface area contributed by atoms with E-state index in [4.69, 9.17) is 21.1 Å². The van der Waals surface area contributed by atoms with Crippen LogP contribution in [0.25, 0.3) is 0 Å². The number of rotatable bonds is 6. The minimum atomic E-state index is -0.792. The van der Waals surface area contributed by atoms with Gasteiger partial charge < -0.3 is 24.6 Å². The largest absolute Gasteiger partial charge is 0.465 e. The minimum Gasteiger partial charge on any atom is -0.465 e. The molecule has 2 amide bonds. The number of esters is 1. The van der Waals surface area contributed by atoms with E-state index in [2.05, 4.69) is 10.2 Å². The third kappa shape index (κ3) is 7.36. The number of piperazine rings is 1. The number of nitrogens with zero attached hydrogens (tertiary/aromatic N) is 2. The molecule has 0 aliphatic carbocycles. The van der Waals surface area contributed by atoms with Crippen molar-refractivity contribution in [2.24, 2.45) is 0 Å². The molecule has 1 aliphatic heterocycles. The van der Waals surface area contributed by atoms with E-state index in [1.54, 1.807) is 49.9 Å². The fourth-order valence-electron chi connectivity index (χ4n) is 3.93. The zero-order valence-corrected chi connectivity index (χ0v) is 21.3. The molecule has 188 valence electrons. The molecule has 0 radical (unpaired) electrons. The maximum Gasteiger partial charge on any atom is 0.408 e. The Balaban J connectivity index is 1.71. The summed E-state index contributed by atoms with van der Waals surface area (Å²) in [6.45, 7) is 7.29. The Morgan fingerprint density at radius 3 is 2.23 bits per heavy atom. The third-order valence-electron chi connectivity index (χ3n) is 5.58. The predicted molar refractivity (Wildman–Crippen MR) is 135 cm³/mol. The van der Waals surface area contributed by atoms with Gasteiger partial charge >= 0.3 is 12.1 Å². The minimum absolute atomic E-state index is 0.188. The van der Waals surface area contributed by atoms with E-state index in [-0.39, 0.29) is 5.91 Å². The molecular formula is C26H32ClN3O5. The lowest BCUT2D eigenvalue weighted by atomic mass is 10.0. The summed E-state index contributed by atoms with van der Waals surface area (Å²) in [5.41, 5.74) is 1.45. The van der Waals surface area contributed by atoms with Gasteiger partial charge in [0, 0.05) is 37.6 Å². The number of benzene rings is 2. The second-order valence-corrected chi connectivity index (χ2v) is 9.79. The maximum atomic E-state index is 13.5. The van der Waals surface area contributed by atoms with Crippen LogP contribution in [-0.4, -0.2) is 67.8 Å². The van der Waals surface area contributed by atoms with Gasteiger partial charge in [-0.3, -0.25) is 4.79 Å². The van der Waals surface area contributed by atoms with Crippen LogP contribution >= 0.6 is 11.6 Å². The number of alkyl carbamates (subject to hydrolysis) is 1. The SMILES string of the molecule is COC(=O)c1ccccc1N1CCN(C(=O)C(Cc2ccc(Cl)cc2)NC(=O)OC(C)(C)C)CC1. The Labute approximate surface area is 211 Å². The average Bonchev–Trinajstić information content (AvgIpc) is 2.83. The van der Waals surface area contributed by atoms with Crippen molar-refractivity contribution in [3.63, 3.8) is 0 Å². The number of hydrogen-bond donors (Lipinski definition) is 1. The summed E-state index contributed by atoms with van der Waals surface area (Å²) in [6.07, 6.45) is -0.337.